The largest absolute Gasteiger partial charge is 0.550 e. The first-order valence-corrected chi connectivity index (χ1v) is 8.45. The van der Waals surface area contributed by atoms with Gasteiger partial charge in [0.25, 0.3) is 0 Å². The first-order valence-electron chi connectivity index (χ1n) is 5.04. The zero-order valence-electron chi connectivity index (χ0n) is 8.84. The molecule has 1 aliphatic carbocycles. The number of rotatable bonds is 2. The van der Waals surface area contributed by atoms with Crippen molar-refractivity contribution < 1.29 is 9.53 Å². The minimum absolute atomic E-state index is 0.245. The predicted molar refractivity (Wildman–Crippen MR) is 57.0 cm³/mol. The van der Waals surface area contributed by atoms with Crippen molar-refractivity contribution in [2.45, 2.75) is 51.4 Å². The Bertz CT molecular complexity index is 194. The van der Waals surface area contributed by atoms with E-state index in [4.69, 9.17) is 4.43 Å². The van der Waals surface area contributed by atoms with Crippen LogP contribution < -0.4 is 0 Å². The van der Waals surface area contributed by atoms with Crippen LogP contribution in [0.5, 0.6) is 0 Å². The molecule has 0 saturated heterocycles. The zero-order chi connectivity index (χ0) is 9.90. The van der Waals surface area contributed by atoms with E-state index in [0.717, 1.165) is 24.8 Å². The van der Waals surface area contributed by atoms with Gasteiger partial charge in [-0.2, -0.15) is 0 Å². The summed E-state index contributed by atoms with van der Waals surface area (Å²) in [6.45, 7) is 6.46. The fraction of sp³-hybridized carbons (Fsp3) is 0.800. The van der Waals surface area contributed by atoms with E-state index in [1.165, 1.54) is 6.42 Å². The molecule has 13 heavy (non-hydrogen) atoms. The van der Waals surface area contributed by atoms with Crippen LogP contribution in [0.4, 0.5) is 0 Å². The Morgan fingerprint density at radius 2 is 2.08 bits per heavy atom. The van der Waals surface area contributed by atoms with E-state index >= 15 is 0 Å². The van der Waals surface area contributed by atoms with Crippen molar-refractivity contribution in [3.63, 3.8) is 0 Å². The highest BCUT2D eigenvalue weighted by atomic mass is 28.4. The highest BCUT2D eigenvalue weighted by molar-refractivity contribution is 6.69. The maximum Gasteiger partial charge on any atom is 0.241 e. The molecule has 3 heteroatoms. The summed E-state index contributed by atoms with van der Waals surface area (Å²) >= 11 is 0. The SMILES string of the molecule is C[Si](C)(C)O/C=C1\CCCCC1O. The van der Waals surface area contributed by atoms with Crippen molar-refractivity contribution in [1.82, 2.24) is 0 Å². The molecule has 1 aliphatic rings. The first kappa shape index (κ1) is 10.8. The Morgan fingerprint density at radius 3 is 2.62 bits per heavy atom. The quantitative estimate of drug-likeness (QED) is 0.548. The smallest absolute Gasteiger partial charge is 0.241 e. The van der Waals surface area contributed by atoms with Crippen molar-refractivity contribution in [2.75, 3.05) is 0 Å². The summed E-state index contributed by atoms with van der Waals surface area (Å²) in [5.74, 6) is 0. The standard InChI is InChI=1S/C10H20O2Si/c1-13(2,3)12-8-9-6-4-5-7-10(9)11/h8,10-11H,4-7H2,1-3H3/b9-8+. The van der Waals surface area contributed by atoms with Gasteiger partial charge < -0.3 is 9.53 Å². The normalized spacial score (nSPS) is 27.7. The van der Waals surface area contributed by atoms with Crippen LogP contribution in [-0.2, 0) is 4.43 Å². The molecule has 1 fully saturated rings. The molecule has 0 aromatic heterocycles. The second-order valence-electron chi connectivity index (χ2n) is 4.68. The van der Waals surface area contributed by atoms with E-state index in [0.29, 0.717) is 0 Å². The Balaban J connectivity index is 2.49. The van der Waals surface area contributed by atoms with Crippen LogP contribution in [0.1, 0.15) is 25.7 Å². The molecule has 1 rings (SSSR count). The molecule has 0 radical (unpaired) electrons. The van der Waals surface area contributed by atoms with Crippen LogP contribution in [0, 0.1) is 0 Å². The van der Waals surface area contributed by atoms with Gasteiger partial charge in [-0.3, -0.25) is 0 Å². The molecule has 1 saturated carbocycles. The summed E-state index contributed by atoms with van der Waals surface area (Å²) in [5, 5.41) is 9.63. The second-order valence-corrected chi connectivity index (χ2v) is 9.15. The van der Waals surface area contributed by atoms with Gasteiger partial charge in [-0.05, 0) is 44.5 Å². The van der Waals surface area contributed by atoms with Crippen LogP contribution >= 0.6 is 0 Å². The van der Waals surface area contributed by atoms with Gasteiger partial charge in [-0.15, -0.1) is 0 Å². The van der Waals surface area contributed by atoms with Gasteiger partial charge in [0.05, 0.1) is 12.4 Å². The minimum Gasteiger partial charge on any atom is -0.550 e. The lowest BCUT2D eigenvalue weighted by Crippen LogP contribution is -2.24. The highest BCUT2D eigenvalue weighted by Gasteiger charge is 2.19. The summed E-state index contributed by atoms with van der Waals surface area (Å²) < 4.78 is 5.66. The van der Waals surface area contributed by atoms with Crippen molar-refractivity contribution >= 4 is 8.32 Å². The average molecular weight is 200 g/mol. The molecule has 0 aliphatic heterocycles. The number of hydrogen-bond donors (Lipinski definition) is 1. The van der Waals surface area contributed by atoms with Crippen LogP contribution in [0.15, 0.2) is 11.8 Å². The van der Waals surface area contributed by atoms with Gasteiger partial charge >= 0.3 is 0 Å². The van der Waals surface area contributed by atoms with Crippen LogP contribution in [0.2, 0.25) is 19.6 Å². The Hall–Kier alpha value is -0.283. The molecule has 0 heterocycles. The lowest BCUT2D eigenvalue weighted by molar-refractivity contribution is 0.174. The van der Waals surface area contributed by atoms with Gasteiger partial charge in [0.15, 0.2) is 0 Å². The molecule has 1 N–H and O–H groups in total. The van der Waals surface area contributed by atoms with E-state index in [1.807, 2.05) is 6.26 Å². The molecule has 0 aromatic carbocycles. The maximum atomic E-state index is 9.63. The maximum absolute atomic E-state index is 9.63. The molecule has 1 unspecified atom stereocenters. The molecular formula is C10H20O2Si. The van der Waals surface area contributed by atoms with Gasteiger partial charge in [0.2, 0.25) is 8.32 Å². The monoisotopic (exact) mass is 200 g/mol. The lowest BCUT2D eigenvalue weighted by Gasteiger charge is -2.23. The van der Waals surface area contributed by atoms with Gasteiger partial charge in [0, 0.05) is 0 Å². The summed E-state index contributed by atoms with van der Waals surface area (Å²) in [7, 11) is -1.46. The van der Waals surface area contributed by atoms with E-state index in [1.54, 1.807) is 0 Å². The van der Waals surface area contributed by atoms with Crippen molar-refractivity contribution in [3.05, 3.63) is 11.8 Å². The third-order valence-electron chi connectivity index (χ3n) is 2.18. The summed E-state index contributed by atoms with van der Waals surface area (Å²) in [4.78, 5) is 0. The topological polar surface area (TPSA) is 29.5 Å². The molecule has 0 spiro atoms. The molecule has 1 atom stereocenters. The fourth-order valence-electron chi connectivity index (χ4n) is 1.41. The lowest BCUT2D eigenvalue weighted by atomic mass is 9.93. The predicted octanol–water partition coefficient (Wildman–Crippen LogP) is 2.66. The van der Waals surface area contributed by atoms with Crippen LogP contribution in [0.25, 0.3) is 0 Å². The molecule has 0 aromatic rings. The highest BCUT2D eigenvalue weighted by Crippen LogP contribution is 2.24. The summed E-state index contributed by atoms with van der Waals surface area (Å²) in [5.41, 5.74) is 1.09. The number of aliphatic hydroxyl groups is 1. The second kappa shape index (κ2) is 4.29. The van der Waals surface area contributed by atoms with E-state index in [9.17, 15) is 5.11 Å². The van der Waals surface area contributed by atoms with Crippen LogP contribution in [0.3, 0.4) is 0 Å². The van der Waals surface area contributed by atoms with Gasteiger partial charge in [-0.1, -0.05) is 6.42 Å². The molecule has 76 valence electrons. The first-order chi connectivity index (χ1) is 5.99. The Morgan fingerprint density at radius 1 is 1.38 bits per heavy atom. The minimum atomic E-state index is -1.46. The fourth-order valence-corrected chi connectivity index (χ4v) is 1.91. The summed E-state index contributed by atoms with van der Waals surface area (Å²) in [6.07, 6.45) is 5.82. The van der Waals surface area contributed by atoms with Crippen LogP contribution in [-0.4, -0.2) is 19.5 Å². The number of aliphatic hydroxyl groups excluding tert-OH is 1. The molecule has 2 nitrogen and oxygen atoms in total. The van der Waals surface area contributed by atoms with Gasteiger partial charge in [0.1, 0.15) is 0 Å². The molecule has 0 bridgehead atoms. The number of hydrogen-bond acceptors (Lipinski definition) is 2. The van der Waals surface area contributed by atoms with Crippen molar-refractivity contribution in [3.8, 4) is 0 Å². The molecule has 0 amide bonds. The molecular weight excluding hydrogens is 180 g/mol. The van der Waals surface area contributed by atoms with E-state index < -0.39 is 8.32 Å². The van der Waals surface area contributed by atoms with Crippen molar-refractivity contribution in [2.24, 2.45) is 0 Å². The summed E-state index contributed by atoms with van der Waals surface area (Å²) in [6, 6.07) is 0. The Kier molecular flexibility index (Phi) is 3.56. The third kappa shape index (κ3) is 3.96. The Labute approximate surface area is 81.7 Å². The van der Waals surface area contributed by atoms with Gasteiger partial charge in [-0.25, -0.2) is 0 Å². The van der Waals surface area contributed by atoms with Crippen molar-refractivity contribution in [1.29, 1.82) is 0 Å². The average Bonchev–Trinajstić information content (AvgIpc) is 2.01. The van der Waals surface area contributed by atoms with E-state index in [-0.39, 0.29) is 6.10 Å². The third-order valence-corrected chi connectivity index (χ3v) is 3.01. The van der Waals surface area contributed by atoms with E-state index in [2.05, 4.69) is 19.6 Å². The zero-order valence-corrected chi connectivity index (χ0v) is 9.84.